The monoisotopic (exact) mass is 315 g/mol. The van der Waals surface area contributed by atoms with Gasteiger partial charge in [0.2, 0.25) is 0 Å². The van der Waals surface area contributed by atoms with E-state index < -0.39 is 5.97 Å². The predicted molar refractivity (Wildman–Crippen MR) is 90.9 cm³/mol. The van der Waals surface area contributed by atoms with Gasteiger partial charge in [-0.1, -0.05) is 44.7 Å². The number of rotatable bonds is 10. The quantitative estimate of drug-likeness (QED) is 0.276. The summed E-state index contributed by atoms with van der Waals surface area (Å²) >= 11 is 0. The van der Waals surface area contributed by atoms with Crippen molar-refractivity contribution in [3.63, 3.8) is 0 Å². The second kappa shape index (κ2) is 11.3. The van der Waals surface area contributed by atoms with Crippen LogP contribution in [-0.2, 0) is 9.53 Å². The molecule has 1 aromatic rings. The zero-order valence-electron chi connectivity index (χ0n) is 14.0. The van der Waals surface area contributed by atoms with Gasteiger partial charge in [-0.05, 0) is 37.1 Å². The van der Waals surface area contributed by atoms with Gasteiger partial charge < -0.3 is 9.47 Å². The molecule has 0 aliphatic carbocycles. The molecule has 0 heterocycles. The van der Waals surface area contributed by atoms with E-state index in [0.717, 1.165) is 17.7 Å². The number of hydrogen-bond donors (Lipinski definition) is 0. The smallest absolute Gasteiger partial charge is 0.348 e. The van der Waals surface area contributed by atoms with Crippen LogP contribution >= 0.6 is 0 Å². The Labute approximate surface area is 138 Å². The molecule has 124 valence electrons. The Balaban J connectivity index is 2.49. The zero-order chi connectivity index (χ0) is 16.9. The number of hydrogen-bond acceptors (Lipinski definition) is 4. The second-order valence-electron chi connectivity index (χ2n) is 5.22. The number of esters is 1. The van der Waals surface area contributed by atoms with Crippen LogP contribution in [0.4, 0.5) is 0 Å². The van der Waals surface area contributed by atoms with Crippen LogP contribution in [0.15, 0.2) is 29.8 Å². The molecule has 1 aromatic carbocycles. The maximum absolute atomic E-state index is 11.6. The molecule has 0 amide bonds. The van der Waals surface area contributed by atoms with Gasteiger partial charge in [-0.15, -0.1) is 0 Å². The summed E-state index contributed by atoms with van der Waals surface area (Å²) in [5, 5.41) is 9.00. The minimum Gasteiger partial charge on any atom is -0.494 e. The van der Waals surface area contributed by atoms with Crippen molar-refractivity contribution in [2.45, 2.75) is 46.0 Å². The average Bonchev–Trinajstić information content (AvgIpc) is 2.57. The summed E-state index contributed by atoms with van der Waals surface area (Å²) in [6, 6.07) is 9.20. The molecule has 23 heavy (non-hydrogen) atoms. The molecule has 4 heteroatoms. The second-order valence-corrected chi connectivity index (χ2v) is 5.22. The van der Waals surface area contributed by atoms with Gasteiger partial charge in [-0.3, -0.25) is 0 Å². The van der Waals surface area contributed by atoms with Crippen LogP contribution in [0.3, 0.4) is 0 Å². The van der Waals surface area contributed by atoms with E-state index in [1.807, 2.05) is 30.3 Å². The Hall–Kier alpha value is -2.28. The molecule has 4 nitrogen and oxygen atoms in total. The van der Waals surface area contributed by atoms with Crippen LogP contribution in [0.5, 0.6) is 5.75 Å². The van der Waals surface area contributed by atoms with E-state index in [0.29, 0.717) is 6.61 Å². The van der Waals surface area contributed by atoms with Gasteiger partial charge >= 0.3 is 5.97 Å². The van der Waals surface area contributed by atoms with Crippen LogP contribution in [-0.4, -0.2) is 19.2 Å². The summed E-state index contributed by atoms with van der Waals surface area (Å²) in [7, 11) is 0. The summed E-state index contributed by atoms with van der Waals surface area (Å²) < 4.78 is 10.5. The van der Waals surface area contributed by atoms with Crippen molar-refractivity contribution >= 4 is 12.0 Å². The molecule has 0 fully saturated rings. The standard InChI is InChI=1S/C19H25NO3/c1-3-5-6-7-8-13-23-18-11-9-16(10-12-18)14-17(15-20)19(21)22-4-2/h9-12,14H,3-8,13H2,1-2H3/b17-14+. The van der Waals surface area contributed by atoms with Gasteiger partial charge in [0.05, 0.1) is 13.2 Å². The summed E-state index contributed by atoms with van der Waals surface area (Å²) in [5.41, 5.74) is 0.765. The lowest BCUT2D eigenvalue weighted by atomic mass is 10.1. The Kier molecular flexibility index (Phi) is 9.23. The van der Waals surface area contributed by atoms with Crippen molar-refractivity contribution in [2.24, 2.45) is 0 Å². The van der Waals surface area contributed by atoms with E-state index in [9.17, 15) is 4.79 Å². The summed E-state index contributed by atoms with van der Waals surface area (Å²) in [5.74, 6) is 0.203. The normalized spacial score (nSPS) is 10.9. The lowest BCUT2D eigenvalue weighted by Crippen LogP contribution is -2.05. The lowest BCUT2D eigenvalue weighted by molar-refractivity contribution is -0.137. The third kappa shape index (κ3) is 7.51. The first-order valence-corrected chi connectivity index (χ1v) is 8.23. The van der Waals surface area contributed by atoms with Crippen molar-refractivity contribution in [3.8, 4) is 11.8 Å². The van der Waals surface area contributed by atoms with Crippen LogP contribution in [0.25, 0.3) is 6.08 Å². The molecule has 0 atom stereocenters. The van der Waals surface area contributed by atoms with Gasteiger partial charge in [-0.25, -0.2) is 4.79 Å². The van der Waals surface area contributed by atoms with Crippen molar-refractivity contribution in [1.29, 1.82) is 5.26 Å². The number of benzene rings is 1. The number of nitriles is 1. The molecule has 0 saturated carbocycles. The topological polar surface area (TPSA) is 59.3 Å². The van der Waals surface area contributed by atoms with Gasteiger partial charge in [0.1, 0.15) is 17.4 Å². The number of ether oxygens (including phenoxy) is 2. The van der Waals surface area contributed by atoms with Gasteiger partial charge in [0.25, 0.3) is 0 Å². The highest BCUT2D eigenvalue weighted by Gasteiger charge is 2.09. The summed E-state index contributed by atoms with van der Waals surface area (Å²) in [4.78, 5) is 11.6. The van der Waals surface area contributed by atoms with Crippen molar-refractivity contribution < 1.29 is 14.3 Å². The highest BCUT2D eigenvalue weighted by Crippen LogP contribution is 2.15. The average molecular weight is 315 g/mol. The zero-order valence-corrected chi connectivity index (χ0v) is 14.0. The molecule has 0 saturated heterocycles. The van der Waals surface area contributed by atoms with Gasteiger partial charge in [-0.2, -0.15) is 5.26 Å². The molecule has 0 radical (unpaired) electrons. The number of unbranched alkanes of at least 4 members (excludes halogenated alkanes) is 4. The number of nitrogens with zero attached hydrogens (tertiary/aromatic N) is 1. The molecule has 0 spiro atoms. The third-order valence-electron chi connectivity index (χ3n) is 3.32. The van der Waals surface area contributed by atoms with E-state index >= 15 is 0 Å². The first kappa shape index (κ1) is 18.8. The van der Waals surface area contributed by atoms with E-state index in [2.05, 4.69) is 6.92 Å². The Morgan fingerprint density at radius 2 is 1.83 bits per heavy atom. The fourth-order valence-corrected chi connectivity index (χ4v) is 2.07. The molecule has 0 bridgehead atoms. The van der Waals surface area contributed by atoms with E-state index in [4.69, 9.17) is 14.7 Å². The van der Waals surface area contributed by atoms with Crippen LogP contribution in [0, 0.1) is 11.3 Å². The molecular weight excluding hydrogens is 290 g/mol. The fourth-order valence-electron chi connectivity index (χ4n) is 2.07. The van der Waals surface area contributed by atoms with Gasteiger partial charge in [0.15, 0.2) is 0 Å². The number of carbonyl (C=O) groups excluding carboxylic acids is 1. The Morgan fingerprint density at radius 3 is 2.43 bits per heavy atom. The highest BCUT2D eigenvalue weighted by molar-refractivity contribution is 5.97. The van der Waals surface area contributed by atoms with Gasteiger partial charge in [0, 0.05) is 0 Å². The van der Waals surface area contributed by atoms with E-state index in [1.165, 1.54) is 31.8 Å². The number of carbonyl (C=O) groups is 1. The molecule has 0 unspecified atom stereocenters. The fraction of sp³-hybridized carbons (Fsp3) is 0.474. The first-order chi connectivity index (χ1) is 11.2. The summed E-state index contributed by atoms with van der Waals surface area (Å²) in [6.07, 6.45) is 7.55. The lowest BCUT2D eigenvalue weighted by Gasteiger charge is -2.06. The Morgan fingerprint density at radius 1 is 1.13 bits per heavy atom. The maximum Gasteiger partial charge on any atom is 0.348 e. The molecular formula is C19H25NO3. The minimum absolute atomic E-state index is 0.00329. The molecule has 1 rings (SSSR count). The minimum atomic E-state index is -0.595. The third-order valence-corrected chi connectivity index (χ3v) is 3.32. The molecule has 0 aliphatic rings. The molecule has 0 aliphatic heterocycles. The predicted octanol–water partition coefficient (Wildman–Crippen LogP) is 4.51. The van der Waals surface area contributed by atoms with E-state index in [-0.39, 0.29) is 12.2 Å². The molecule has 0 aromatic heterocycles. The largest absolute Gasteiger partial charge is 0.494 e. The van der Waals surface area contributed by atoms with Crippen LogP contribution in [0.1, 0.15) is 51.5 Å². The van der Waals surface area contributed by atoms with Crippen molar-refractivity contribution in [1.82, 2.24) is 0 Å². The highest BCUT2D eigenvalue weighted by atomic mass is 16.5. The van der Waals surface area contributed by atoms with Crippen molar-refractivity contribution in [2.75, 3.05) is 13.2 Å². The van der Waals surface area contributed by atoms with Crippen LogP contribution in [0.2, 0.25) is 0 Å². The maximum atomic E-state index is 11.6. The first-order valence-electron chi connectivity index (χ1n) is 8.23. The SMILES string of the molecule is CCCCCCCOc1ccc(/C=C(\C#N)C(=O)OCC)cc1. The van der Waals surface area contributed by atoms with E-state index in [1.54, 1.807) is 6.92 Å². The van der Waals surface area contributed by atoms with Crippen molar-refractivity contribution in [3.05, 3.63) is 35.4 Å². The van der Waals surface area contributed by atoms with Crippen LogP contribution < -0.4 is 4.74 Å². The summed E-state index contributed by atoms with van der Waals surface area (Å²) in [6.45, 7) is 4.88. The molecule has 0 N–H and O–H groups in total. The Bertz CT molecular complexity index is 541.